The number of hydrogen-bond acceptors (Lipinski definition) is 5. The van der Waals surface area contributed by atoms with Gasteiger partial charge in [-0.05, 0) is 37.6 Å². The number of fused-ring (bicyclic) bond motifs is 3. The average Bonchev–Trinajstić information content (AvgIpc) is 3.31. The van der Waals surface area contributed by atoms with Crippen molar-refractivity contribution in [1.29, 1.82) is 0 Å². The van der Waals surface area contributed by atoms with Crippen molar-refractivity contribution in [3.05, 3.63) is 81.5 Å². The van der Waals surface area contributed by atoms with Gasteiger partial charge >= 0.3 is 0 Å². The summed E-state index contributed by atoms with van der Waals surface area (Å²) in [4.78, 5) is 26.0. The summed E-state index contributed by atoms with van der Waals surface area (Å²) in [5, 5.41) is 3.43. The van der Waals surface area contributed by atoms with Gasteiger partial charge < -0.3 is 14.5 Å². The minimum atomic E-state index is -2.54. The molecule has 0 radical (unpaired) electrons. The van der Waals surface area contributed by atoms with Gasteiger partial charge in [0.05, 0.1) is 11.6 Å². The molecule has 2 aromatic rings. The number of rotatable bonds is 4. The second-order valence-corrected chi connectivity index (χ2v) is 8.46. The van der Waals surface area contributed by atoms with Gasteiger partial charge in [-0.2, -0.15) is 0 Å². The molecule has 1 N–H and O–H groups in total. The molecule has 5 rings (SSSR count). The van der Waals surface area contributed by atoms with Gasteiger partial charge in [0.2, 0.25) is 5.56 Å². The molecule has 1 aromatic carbocycles. The van der Waals surface area contributed by atoms with Crippen LogP contribution in [0.2, 0.25) is 0 Å². The summed E-state index contributed by atoms with van der Waals surface area (Å²) in [5.41, 5.74) is 3.64. The molecule has 9 heteroatoms. The maximum absolute atomic E-state index is 13.2. The number of benzene rings is 1. The van der Waals surface area contributed by atoms with E-state index in [4.69, 9.17) is 4.99 Å². The number of anilines is 1. The van der Waals surface area contributed by atoms with Crippen LogP contribution in [-0.4, -0.2) is 25.6 Å². The molecular weight excluding hydrogens is 438 g/mol. The lowest BCUT2D eigenvalue weighted by Crippen LogP contribution is -2.21. The number of aryl methyl sites for hydroxylation is 2. The van der Waals surface area contributed by atoms with E-state index in [0.717, 1.165) is 41.4 Å². The van der Waals surface area contributed by atoms with Crippen molar-refractivity contribution in [3.8, 4) is 22.5 Å². The normalized spacial score (nSPS) is 14.5. The molecule has 0 fully saturated rings. The average molecular weight is 463 g/mol. The second kappa shape index (κ2) is 8.48. The van der Waals surface area contributed by atoms with Crippen LogP contribution in [0.15, 0.2) is 58.4 Å². The predicted octanol–water partition coefficient (Wildman–Crippen LogP) is 4.08. The molecule has 4 heterocycles. The number of nitrogens with one attached hydrogen (secondary N) is 1. The Morgan fingerprint density at radius 3 is 2.65 bits per heavy atom. The van der Waals surface area contributed by atoms with Crippen molar-refractivity contribution in [2.24, 2.45) is 12.0 Å². The topological polar surface area (TPSA) is 77.1 Å². The van der Waals surface area contributed by atoms with Gasteiger partial charge in [0.25, 0.3) is 6.43 Å². The monoisotopic (exact) mass is 462 g/mol. The highest BCUT2D eigenvalue weighted by molar-refractivity contribution is 5.81. The Bertz CT molecular complexity index is 1490. The first-order valence-corrected chi connectivity index (χ1v) is 11.1. The first-order valence-electron chi connectivity index (χ1n) is 11.1. The first-order chi connectivity index (χ1) is 16.3. The first kappa shape index (κ1) is 21.9. The van der Waals surface area contributed by atoms with Crippen molar-refractivity contribution >= 4 is 5.82 Å². The number of hydrogen-bond donors (Lipinski definition) is 1. The third-order valence-corrected chi connectivity index (χ3v) is 6.07. The number of pyridine rings is 2. The highest BCUT2D eigenvalue weighted by Gasteiger charge is 2.24. The zero-order chi connectivity index (χ0) is 24.0. The van der Waals surface area contributed by atoms with E-state index >= 15 is 0 Å². The lowest BCUT2D eigenvalue weighted by atomic mass is 10.0. The Morgan fingerprint density at radius 1 is 1.09 bits per heavy atom. The van der Waals surface area contributed by atoms with E-state index in [-0.39, 0.29) is 17.2 Å². The van der Waals surface area contributed by atoms with E-state index in [1.165, 1.54) is 12.1 Å². The predicted molar refractivity (Wildman–Crippen MR) is 126 cm³/mol. The minimum absolute atomic E-state index is 0.0281. The van der Waals surface area contributed by atoms with E-state index in [1.54, 1.807) is 42.1 Å². The van der Waals surface area contributed by atoms with Crippen LogP contribution in [0.1, 0.15) is 36.3 Å². The number of alkyl halides is 2. The smallest absolute Gasteiger partial charge is 0.263 e. The van der Waals surface area contributed by atoms with Crippen LogP contribution in [0.3, 0.4) is 0 Å². The Balaban J connectivity index is 1.72. The summed E-state index contributed by atoms with van der Waals surface area (Å²) in [7, 11) is 1.72. The van der Waals surface area contributed by atoms with Crippen LogP contribution in [0, 0.1) is 6.92 Å². The summed E-state index contributed by atoms with van der Waals surface area (Å²) in [6.45, 7) is 5.16. The fraction of sp³-hybridized carbons (Fsp3) is 0.280. The Labute approximate surface area is 194 Å². The van der Waals surface area contributed by atoms with Crippen LogP contribution in [-0.2, 0) is 13.6 Å². The van der Waals surface area contributed by atoms with Crippen molar-refractivity contribution in [2.45, 2.75) is 32.9 Å². The minimum Gasteiger partial charge on any atom is -0.369 e. The molecule has 34 heavy (non-hydrogen) atoms. The third kappa shape index (κ3) is 3.87. The summed E-state index contributed by atoms with van der Waals surface area (Å²) >= 11 is 0. The molecule has 1 atom stereocenters. The highest BCUT2D eigenvalue weighted by atomic mass is 19.3. The van der Waals surface area contributed by atoms with Gasteiger partial charge in [0.1, 0.15) is 17.5 Å². The van der Waals surface area contributed by atoms with Crippen LogP contribution in [0.25, 0.3) is 22.5 Å². The quantitative estimate of drug-likeness (QED) is 0.496. The standard InChI is InChI=1S/C25H24F2N6O/c1-14(16-5-4-6-17(11-16)22(26)27)29-23-20-12-19(18-7-8-21(34)32(3)13-18)24-28-9-10-33(24)25(20)31-15(2)30-23/h4-8,11-14,22,28H,9-10H2,1-3H3/t14-/m1/s1. The number of aromatic nitrogens is 4. The van der Waals surface area contributed by atoms with E-state index in [1.807, 2.05) is 19.9 Å². The molecule has 3 aliphatic heterocycles. The maximum atomic E-state index is 13.2. The molecule has 0 saturated heterocycles. The van der Waals surface area contributed by atoms with Gasteiger partial charge in [-0.25, -0.2) is 18.7 Å². The molecular formula is C25H24F2N6O. The molecule has 7 nitrogen and oxygen atoms in total. The molecule has 0 unspecified atom stereocenters. The van der Waals surface area contributed by atoms with Gasteiger partial charge in [0.15, 0.2) is 5.49 Å². The summed E-state index contributed by atoms with van der Waals surface area (Å²) in [6, 6.07) is 11.3. The van der Waals surface area contributed by atoms with E-state index < -0.39 is 6.43 Å². The second-order valence-electron chi connectivity index (χ2n) is 8.46. The van der Waals surface area contributed by atoms with Crippen molar-refractivity contribution in [3.63, 3.8) is 0 Å². The van der Waals surface area contributed by atoms with Crippen LogP contribution < -0.4 is 16.4 Å². The van der Waals surface area contributed by atoms with Crippen molar-refractivity contribution in [2.75, 3.05) is 11.9 Å². The molecule has 1 aromatic heterocycles. The third-order valence-electron chi connectivity index (χ3n) is 6.07. The summed E-state index contributed by atoms with van der Waals surface area (Å²) in [6.07, 6.45) is -0.737. The molecule has 174 valence electrons. The summed E-state index contributed by atoms with van der Waals surface area (Å²) < 4.78 is 30.1. The molecule has 3 aliphatic rings. The lowest BCUT2D eigenvalue weighted by molar-refractivity contribution is 0.151. The zero-order valence-corrected chi connectivity index (χ0v) is 19.1. The fourth-order valence-corrected chi connectivity index (χ4v) is 4.33. The van der Waals surface area contributed by atoms with E-state index in [0.29, 0.717) is 16.9 Å². The number of nitrogens with zero attached hydrogens (tertiary/aromatic N) is 5. The Hall–Kier alpha value is -3.88. The zero-order valence-electron chi connectivity index (χ0n) is 19.1. The van der Waals surface area contributed by atoms with Gasteiger partial charge in [-0.15, -0.1) is 0 Å². The van der Waals surface area contributed by atoms with Gasteiger partial charge in [-0.3, -0.25) is 9.79 Å². The number of halogens is 2. The Kier molecular flexibility index (Phi) is 5.47. The molecule has 0 bridgehead atoms. The maximum Gasteiger partial charge on any atom is 0.263 e. The van der Waals surface area contributed by atoms with Crippen LogP contribution in [0.4, 0.5) is 14.6 Å². The molecule has 0 spiro atoms. The van der Waals surface area contributed by atoms with E-state index in [9.17, 15) is 13.6 Å². The summed E-state index contributed by atoms with van der Waals surface area (Å²) in [5.74, 6) is 2.26. The fourth-order valence-electron chi connectivity index (χ4n) is 4.33. The molecule has 0 aliphatic carbocycles. The molecule has 0 saturated carbocycles. The van der Waals surface area contributed by atoms with Crippen molar-refractivity contribution < 1.29 is 8.78 Å². The van der Waals surface area contributed by atoms with Crippen LogP contribution in [0.5, 0.6) is 0 Å². The van der Waals surface area contributed by atoms with Gasteiger partial charge in [0, 0.05) is 49.1 Å². The van der Waals surface area contributed by atoms with Crippen molar-refractivity contribution in [1.82, 2.24) is 19.1 Å². The largest absolute Gasteiger partial charge is 0.369 e. The molecule has 0 amide bonds. The SMILES string of the molecule is Cc1nc2n3c(c(-c4ccc(=O)n(C)c4)cc-2c(=N[C@H](C)c2cccc(C(F)F)c2)n1)NCC3. The van der Waals surface area contributed by atoms with E-state index in [2.05, 4.69) is 19.9 Å². The lowest BCUT2D eigenvalue weighted by Gasteiger charge is -2.18. The Morgan fingerprint density at radius 2 is 1.88 bits per heavy atom. The van der Waals surface area contributed by atoms with Crippen LogP contribution >= 0.6 is 0 Å². The highest BCUT2D eigenvalue weighted by Crippen LogP contribution is 2.35. The van der Waals surface area contributed by atoms with Gasteiger partial charge in [-0.1, -0.05) is 18.2 Å².